The van der Waals surface area contributed by atoms with Crippen molar-refractivity contribution in [1.29, 1.82) is 0 Å². The van der Waals surface area contributed by atoms with Crippen LogP contribution in [0.25, 0.3) is 0 Å². The fourth-order valence-electron chi connectivity index (χ4n) is 1.37. The average Bonchev–Trinajstić information content (AvgIpc) is 2.30. The lowest BCUT2D eigenvalue weighted by Gasteiger charge is -2.10. The summed E-state index contributed by atoms with van der Waals surface area (Å²) in [6.45, 7) is 4.79. The van der Waals surface area contributed by atoms with Crippen molar-refractivity contribution in [2.75, 3.05) is 18.4 Å². The van der Waals surface area contributed by atoms with E-state index in [1.807, 2.05) is 13.8 Å². The first-order valence-corrected chi connectivity index (χ1v) is 5.95. The smallest absolute Gasteiger partial charge is 0.221 e. The molecule has 0 spiro atoms. The molecule has 1 aromatic carbocycles. The fraction of sp³-hybridized carbons (Fsp3) is 0.462. The average molecular weight is 256 g/mol. The van der Waals surface area contributed by atoms with Crippen LogP contribution in [0.1, 0.15) is 20.3 Å². The van der Waals surface area contributed by atoms with Crippen molar-refractivity contribution in [3.63, 3.8) is 0 Å². The Hall–Kier alpha value is -1.65. The molecule has 100 valence electrons. The van der Waals surface area contributed by atoms with Gasteiger partial charge in [0.05, 0.1) is 0 Å². The summed E-state index contributed by atoms with van der Waals surface area (Å²) in [7, 11) is 0. The minimum atomic E-state index is -0.655. The van der Waals surface area contributed by atoms with Gasteiger partial charge in [-0.1, -0.05) is 19.9 Å². The Morgan fingerprint density at radius 1 is 1.28 bits per heavy atom. The van der Waals surface area contributed by atoms with Crippen molar-refractivity contribution in [1.82, 2.24) is 5.32 Å². The lowest BCUT2D eigenvalue weighted by Crippen LogP contribution is -2.28. The van der Waals surface area contributed by atoms with Gasteiger partial charge in [-0.15, -0.1) is 0 Å². The molecule has 0 aromatic heterocycles. The molecule has 0 bridgehead atoms. The van der Waals surface area contributed by atoms with E-state index in [2.05, 4.69) is 10.6 Å². The van der Waals surface area contributed by atoms with Crippen LogP contribution in [0.3, 0.4) is 0 Å². The Kier molecular flexibility index (Phi) is 5.55. The Labute approximate surface area is 106 Å². The molecule has 1 amide bonds. The first kappa shape index (κ1) is 14.4. The molecule has 0 saturated heterocycles. The molecular weight excluding hydrogens is 238 g/mol. The van der Waals surface area contributed by atoms with E-state index in [-0.39, 0.29) is 24.6 Å². The Morgan fingerprint density at radius 3 is 2.44 bits per heavy atom. The summed E-state index contributed by atoms with van der Waals surface area (Å²) in [6, 6.07) is 3.64. The van der Waals surface area contributed by atoms with Crippen LogP contribution in [0, 0.1) is 17.6 Å². The van der Waals surface area contributed by atoms with Gasteiger partial charge in [-0.05, 0) is 18.1 Å². The maximum Gasteiger partial charge on any atom is 0.221 e. The Balaban J connectivity index is 2.35. The summed E-state index contributed by atoms with van der Waals surface area (Å²) < 4.78 is 26.5. The molecule has 0 radical (unpaired) electrons. The molecule has 0 aliphatic carbocycles. The Bertz CT molecular complexity index is 388. The number of halogens is 2. The number of rotatable bonds is 6. The second kappa shape index (κ2) is 6.93. The number of nitrogens with one attached hydrogen (secondary N) is 2. The van der Waals surface area contributed by atoms with Gasteiger partial charge < -0.3 is 10.6 Å². The van der Waals surface area contributed by atoms with Gasteiger partial charge in [-0.2, -0.15) is 0 Å². The van der Waals surface area contributed by atoms with Gasteiger partial charge in [0.25, 0.3) is 0 Å². The van der Waals surface area contributed by atoms with Gasteiger partial charge in [-0.3, -0.25) is 4.79 Å². The number of hydrogen-bond acceptors (Lipinski definition) is 2. The third kappa shape index (κ3) is 4.69. The van der Waals surface area contributed by atoms with Gasteiger partial charge in [0.15, 0.2) is 0 Å². The summed E-state index contributed by atoms with van der Waals surface area (Å²) in [5.74, 6) is -1.06. The monoisotopic (exact) mass is 256 g/mol. The molecule has 0 saturated carbocycles. The number of carbonyl (C=O) groups excluding carboxylic acids is 1. The van der Waals surface area contributed by atoms with E-state index in [9.17, 15) is 13.6 Å². The van der Waals surface area contributed by atoms with Gasteiger partial charge in [-0.25, -0.2) is 8.78 Å². The quantitative estimate of drug-likeness (QED) is 0.821. The number of amides is 1. The van der Waals surface area contributed by atoms with Crippen molar-refractivity contribution in [3.8, 4) is 0 Å². The van der Waals surface area contributed by atoms with Gasteiger partial charge in [0.1, 0.15) is 17.3 Å². The minimum Gasteiger partial charge on any atom is -0.380 e. The molecule has 0 fully saturated rings. The Morgan fingerprint density at radius 2 is 1.89 bits per heavy atom. The zero-order valence-corrected chi connectivity index (χ0v) is 10.6. The van der Waals surface area contributed by atoms with Crippen LogP contribution in [0.2, 0.25) is 0 Å². The van der Waals surface area contributed by atoms with Crippen LogP contribution < -0.4 is 10.6 Å². The van der Waals surface area contributed by atoms with E-state index >= 15 is 0 Å². The van der Waals surface area contributed by atoms with E-state index in [0.717, 1.165) is 0 Å². The van der Waals surface area contributed by atoms with Crippen molar-refractivity contribution >= 4 is 11.6 Å². The van der Waals surface area contributed by atoms with Crippen LogP contribution in [0.5, 0.6) is 0 Å². The van der Waals surface area contributed by atoms with Crippen LogP contribution in [0.15, 0.2) is 18.2 Å². The third-order valence-electron chi connectivity index (χ3n) is 2.32. The first-order chi connectivity index (χ1) is 8.50. The van der Waals surface area contributed by atoms with E-state index in [0.29, 0.717) is 12.5 Å². The van der Waals surface area contributed by atoms with Crippen LogP contribution in [-0.2, 0) is 4.79 Å². The number of anilines is 1. The largest absolute Gasteiger partial charge is 0.380 e. The zero-order chi connectivity index (χ0) is 13.5. The maximum atomic E-state index is 13.2. The molecule has 18 heavy (non-hydrogen) atoms. The van der Waals surface area contributed by atoms with Crippen LogP contribution >= 0.6 is 0 Å². The maximum absolute atomic E-state index is 13.2. The molecule has 0 heterocycles. The highest BCUT2D eigenvalue weighted by Gasteiger charge is 2.08. The summed E-state index contributed by atoms with van der Waals surface area (Å²) in [6.07, 6.45) is 0.181. The summed E-state index contributed by atoms with van der Waals surface area (Å²) >= 11 is 0. The highest BCUT2D eigenvalue weighted by Crippen LogP contribution is 2.17. The number of carbonyl (C=O) groups is 1. The topological polar surface area (TPSA) is 41.1 Å². The van der Waals surface area contributed by atoms with Crippen molar-refractivity contribution in [2.24, 2.45) is 5.92 Å². The van der Waals surface area contributed by atoms with Crippen molar-refractivity contribution in [2.45, 2.75) is 20.3 Å². The molecule has 0 aliphatic heterocycles. The lowest BCUT2D eigenvalue weighted by molar-refractivity contribution is -0.120. The predicted octanol–water partition coefficient (Wildman–Crippen LogP) is 2.54. The van der Waals surface area contributed by atoms with Gasteiger partial charge in [0, 0.05) is 19.5 Å². The SMILES string of the molecule is CC(C)CNC(=O)CCNc1c(F)cccc1F. The molecule has 1 rings (SSSR count). The summed E-state index contributed by atoms with van der Waals surface area (Å²) in [5, 5.41) is 5.32. The molecule has 0 unspecified atom stereocenters. The van der Waals surface area contributed by atoms with E-state index in [1.54, 1.807) is 0 Å². The van der Waals surface area contributed by atoms with Crippen LogP contribution in [0.4, 0.5) is 14.5 Å². The summed E-state index contributed by atoms with van der Waals surface area (Å²) in [4.78, 5) is 11.4. The molecule has 2 N–H and O–H groups in total. The molecule has 0 aliphatic rings. The molecule has 0 atom stereocenters. The predicted molar refractivity (Wildman–Crippen MR) is 67.3 cm³/mol. The third-order valence-corrected chi connectivity index (χ3v) is 2.32. The molecule has 1 aromatic rings. The summed E-state index contributed by atoms with van der Waals surface area (Å²) in [5.41, 5.74) is -0.186. The van der Waals surface area contributed by atoms with Crippen molar-refractivity contribution in [3.05, 3.63) is 29.8 Å². The van der Waals surface area contributed by atoms with E-state index in [4.69, 9.17) is 0 Å². The van der Waals surface area contributed by atoms with Gasteiger partial charge in [0.2, 0.25) is 5.91 Å². The number of para-hydroxylation sites is 1. The van der Waals surface area contributed by atoms with E-state index < -0.39 is 11.6 Å². The van der Waals surface area contributed by atoms with Gasteiger partial charge >= 0.3 is 0 Å². The first-order valence-electron chi connectivity index (χ1n) is 5.95. The zero-order valence-electron chi connectivity index (χ0n) is 10.6. The standard InChI is InChI=1S/C13H18F2N2O/c1-9(2)8-17-12(18)6-7-16-13-10(14)4-3-5-11(13)15/h3-5,9,16H,6-8H2,1-2H3,(H,17,18). The number of hydrogen-bond donors (Lipinski definition) is 2. The second-order valence-corrected chi connectivity index (χ2v) is 4.47. The minimum absolute atomic E-state index is 0.132. The van der Waals surface area contributed by atoms with Crippen LogP contribution in [-0.4, -0.2) is 19.0 Å². The normalized spacial score (nSPS) is 10.5. The number of benzene rings is 1. The fourth-order valence-corrected chi connectivity index (χ4v) is 1.37. The van der Waals surface area contributed by atoms with E-state index in [1.165, 1.54) is 18.2 Å². The van der Waals surface area contributed by atoms with Crippen molar-refractivity contribution < 1.29 is 13.6 Å². The second-order valence-electron chi connectivity index (χ2n) is 4.47. The highest BCUT2D eigenvalue weighted by molar-refractivity contribution is 5.76. The molecule has 3 nitrogen and oxygen atoms in total. The lowest BCUT2D eigenvalue weighted by atomic mass is 10.2. The molecule has 5 heteroatoms. The molecular formula is C13H18F2N2O. The highest BCUT2D eigenvalue weighted by atomic mass is 19.1.